The van der Waals surface area contributed by atoms with Crippen molar-refractivity contribution in [2.45, 2.75) is 13.5 Å². The van der Waals surface area contributed by atoms with E-state index >= 15 is 0 Å². The number of primary amides is 1. The fraction of sp³-hybridized carbons (Fsp3) is 0.111. The van der Waals surface area contributed by atoms with Gasteiger partial charge >= 0.3 is 0 Å². The standard InChI is InChI=1S/C18H15FN8O/c1-10-17(21-9-11-4-2-5-12(19)8-11)22-18(25-23-10)27-14-7-3-6-13(16(20)28)15(14)24-26-27/h2-8H,9H2,1H3,(H2,20,28)(H,21,22,25). The Morgan fingerprint density at radius 3 is 2.79 bits per heavy atom. The zero-order chi connectivity index (χ0) is 19.7. The summed E-state index contributed by atoms with van der Waals surface area (Å²) in [5.41, 5.74) is 7.85. The number of halogens is 1. The zero-order valence-corrected chi connectivity index (χ0v) is 14.8. The first-order valence-corrected chi connectivity index (χ1v) is 8.37. The normalized spacial score (nSPS) is 10.9. The van der Waals surface area contributed by atoms with E-state index in [0.717, 1.165) is 5.56 Å². The second-order valence-electron chi connectivity index (χ2n) is 6.07. The van der Waals surface area contributed by atoms with Crippen LogP contribution in [0.2, 0.25) is 0 Å². The fourth-order valence-electron chi connectivity index (χ4n) is 2.75. The first-order valence-electron chi connectivity index (χ1n) is 8.37. The topological polar surface area (TPSA) is 125 Å². The molecule has 3 N–H and O–H groups in total. The lowest BCUT2D eigenvalue weighted by atomic mass is 10.2. The Morgan fingerprint density at radius 2 is 2.00 bits per heavy atom. The number of nitrogens with two attached hydrogens (primary N) is 1. The first kappa shape index (κ1) is 17.5. The number of anilines is 1. The molecule has 0 radical (unpaired) electrons. The summed E-state index contributed by atoms with van der Waals surface area (Å²) < 4.78 is 14.7. The largest absolute Gasteiger partial charge is 0.366 e. The highest BCUT2D eigenvalue weighted by atomic mass is 19.1. The number of nitrogens with zero attached hydrogens (tertiary/aromatic N) is 6. The van der Waals surface area contributed by atoms with E-state index in [1.165, 1.54) is 16.8 Å². The maximum Gasteiger partial charge on any atom is 0.274 e. The van der Waals surface area contributed by atoms with Crippen molar-refractivity contribution in [1.29, 1.82) is 0 Å². The number of carbonyl (C=O) groups is 1. The Balaban J connectivity index is 1.68. The molecule has 2 heterocycles. The molecule has 10 heteroatoms. The van der Waals surface area contributed by atoms with Gasteiger partial charge in [0.2, 0.25) is 0 Å². The first-order chi connectivity index (χ1) is 13.5. The van der Waals surface area contributed by atoms with Crippen LogP contribution in [0, 0.1) is 12.7 Å². The summed E-state index contributed by atoms with van der Waals surface area (Å²) in [6.45, 7) is 2.11. The van der Waals surface area contributed by atoms with Gasteiger partial charge in [0.15, 0.2) is 5.82 Å². The molecular formula is C18H15FN8O. The number of aryl methyl sites for hydroxylation is 1. The molecule has 2 aromatic heterocycles. The molecule has 9 nitrogen and oxygen atoms in total. The molecule has 4 aromatic rings. The molecule has 0 saturated carbocycles. The van der Waals surface area contributed by atoms with Crippen LogP contribution in [0.25, 0.3) is 17.0 Å². The molecule has 2 aromatic carbocycles. The lowest BCUT2D eigenvalue weighted by molar-refractivity contribution is 0.100. The molecule has 1 amide bonds. The van der Waals surface area contributed by atoms with Crippen molar-refractivity contribution >= 4 is 22.8 Å². The minimum atomic E-state index is -0.599. The Morgan fingerprint density at radius 1 is 1.18 bits per heavy atom. The van der Waals surface area contributed by atoms with Gasteiger partial charge < -0.3 is 11.1 Å². The van der Waals surface area contributed by atoms with Crippen LogP contribution < -0.4 is 11.1 Å². The molecule has 140 valence electrons. The molecule has 0 unspecified atom stereocenters. The number of carbonyl (C=O) groups excluding carboxylic acids is 1. The summed E-state index contributed by atoms with van der Waals surface area (Å²) in [6, 6.07) is 11.2. The smallest absolute Gasteiger partial charge is 0.274 e. The van der Waals surface area contributed by atoms with Crippen LogP contribution in [-0.4, -0.2) is 36.1 Å². The number of nitrogens with one attached hydrogen (secondary N) is 1. The molecule has 0 atom stereocenters. The van der Waals surface area contributed by atoms with E-state index < -0.39 is 5.91 Å². The molecule has 4 rings (SSSR count). The van der Waals surface area contributed by atoms with Gasteiger partial charge in [-0.1, -0.05) is 23.4 Å². The van der Waals surface area contributed by atoms with Crippen LogP contribution >= 0.6 is 0 Å². The van der Waals surface area contributed by atoms with E-state index in [4.69, 9.17) is 5.73 Å². The maximum absolute atomic E-state index is 13.3. The van der Waals surface area contributed by atoms with Crippen LogP contribution in [-0.2, 0) is 6.54 Å². The molecule has 0 spiro atoms. The molecule has 0 bridgehead atoms. The minimum absolute atomic E-state index is 0.177. The predicted octanol–water partition coefficient (Wildman–Crippen LogP) is 1.76. The highest BCUT2D eigenvalue weighted by Crippen LogP contribution is 2.19. The van der Waals surface area contributed by atoms with E-state index in [9.17, 15) is 9.18 Å². The molecule has 0 saturated heterocycles. The van der Waals surface area contributed by atoms with Gasteiger partial charge in [0.05, 0.1) is 11.1 Å². The Kier molecular flexibility index (Phi) is 4.36. The van der Waals surface area contributed by atoms with Crippen LogP contribution in [0.1, 0.15) is 21.6 Å². The molecule has 0 aliphatic rings. The van der Waals surface area contributed by atoms with Crippen molar-refractivity contribution in [2.75, 3.05) is 5.32 Å². The Hall–Kier alpha value is -3.95. The highest BCUT2D eigenvalue weighted by Gasteiger charge is 2.16. The summed E-state index contributed by atoms with van der Waals surface area (Å²) in [7, 11) is 0. The van der Waals surface area contributed by atoms with E-state index in [1.54, 1.807) is 37.3 Å². The van der Waals surface area contributed by atoms with Crippen molar-refractivity contribution in [3.8, 4) is 5.95 Å². The fourth-order valence-corrected chi connectivity index (χ4v) is 2.75. The Bertz CT molecular complexity index is 1190. The van der Waals surface area contributed by atoms with Gasteiger partial charge in [-0.2, -0.15) is 9.67 Å². The molecular weight excluding hydrogens is 363 g/mol. The quantitative estimate of drug-likeness (QED) is 0.542. The summed E-state index contributed by atoms with van der Waals surface area (Å²) >= 11 is 0. The second kappa shape index (κ2) is 6.99. The van der Waals surface area contributed by atoms with Gasteiger partial charge in [-0.3, -0.25) is 4.79 Å². The number of aromatic nitrogens is 6. The van der Waals surface area contributed by atoms with Crippen molar-refractivity contribution in [3.05, 3.63) is 65.1 Å². The lowest BCUT2D eigenvalue weighted by Crippen LogP contribution is -2.12. The van der Waals surface area contributed by atoms with Crippen molar-refractivity contribution < 1.29 is 9.18 Å². The molecule has 0 aliphatic heterocycles. The van der Waals surface area contributed by atoms with Crippen LogP contribution in [0.15, 0.2) is 42.5 Å². The summed E-state index contributed by atoms with van der Waals surface area (Å²) in [6.07, 6.45) is 0. The van der Waals surface area contributed by atoms with E-state index in [2.05, 4.69) is 30.8 Å². The Labute approximate surface area is 158 Å². The van der Waals surface area contributed by atoms with Gasteiger partial charge in [0, 0.05) is 6.54 Å². The van der Waals surface area contributed by atoms with Crippen molar-refractivity contribution in [1.82, 2.24) is 30.2 Å². The van der Waals surface area contributed by atoms with E-state index in [0.29, 0.717) is 29.1 Å². The summed E-state index contributed by atoms with van der Waals surface area (Å²) in [5, 5.41) is 19.3. The van der Waals surface area contributed by atoms with Crippen LogP contribution in [0.3, 0.4) is 0 Å². The number of rotatable bonds is 5. The van der Waals surface area contributed by atoms with Crippen molar-refractivity contribution in [2.24, 2.45) is 5.73 Å². The highest BCUT2D eigenvalue weighted by molar-refractivity contribution is 6.03. The van der Waals surface area contributed by atoms with Crippen LogP contribution in [0.5, 0.6) is 0 Å². The number of amides is 1. The number of fused-ring (bicyclic) bond motifs is 1. The van der Waals surface area contributed by atoms with Gasteiger partial charge in [0.25, 0.3) is 11.9 Å². The van der Waals surface area contributed by atoms with Crippen molar-refractivity contribution in [3.63, 3.8) is 0 Å². The average Bonchev–Trinajstić information content (AvgIpc) is 3.11. The lowest BCUT2D eigenvalue weighted by Gasteiger charge is -2.09. The predicted molar refractivity (Wildman–Crippen MR) is 99.2 cm³/mol. The molecule has 0 aliphatic carbocycles. The SMILES string of the molecule is Cc1nnc(-n2nnc3c(C(N)=O)cccc32)nc1NCc1cccc(F)c1. The minimum Gasteiger partial charge on any atom is -0.366 e. The summed E-state index contributed by atoms with van der Waals surface area (Å²) in [4.78, 5) is 16.0. The second-order valence-corrected chi connectivity index (χ2v) is 6.07. The monoisotopic (exact) mass is 378 g/mol. The van der Waals surface area contributed by atoms with Gasteiger partial charge in [-0.25, -0.2) is 4.39 Å². The van der Waals surface area contributed by atoms with Crippen LogP contribution in [0.4, 0.5) is 10.2 Å². The summed E-state index contributed by atoms with van der Waals surface area (Å²) in [5.74, 6) is -0.254. The number of hydrogen-bond donors (Lipinski definition) is 2. The maximum atomic E-state index is 13.3. The van der Waals surface area contributed by atoms with E-state index in [1.807, 2.05) is 0 Å². The number of hydrogen-bond acceptors (Lipinski definition) is 7. The molecule has 28 heavy (non-hydrogen) atoms. The van der Waals surface area contributed by atoms with Gasteiger partial charge in [0.1, 0.15) is 17.0 Å². The molecule has 0 fully saturated rings. The number of benzene rings is 2. The van der Waals surface area contributed by atoms with Gasteiger partial charge in [-0.15, -0.1) is 15.3 Å². The third-order valence-electron chi connectivity index (χ3n) is 4.12. The zero-order valence-electron chi connectivity index (χ0n) is 14.8. The van der Waals surface area contributed by atoms with Gasteiger partial charge in [-0.05, 0) is 36.8 Å². The third-order valence-corrected chi connectivity index (χ3v) is 4.12. The average molecular weight is 378 g/mol. The third kappa shape index (κ3) is 3.22. The van der Waals surface area contributed by atoms with E-state index in [-0.39, 0.29) is 17.3 Å².